The highest BCUT2D eigenvalue weighted by atomic mass is 16.5. The molecule has 0 aromatic carbocycles. The summed E-state index contributed by atoms with van der Waals surface area (Å²) < 4.78 is 5.24. The zero-order valence-corrected chi connectivity index (χ0v) is 12.6. The lowest BCUT2D eigenvalue weighted by molar-refractivity contribution is 0.108. The van der Waals surface area contributed by atoms with Crippen molar-refractivity contribution < 1.29 is 4.74 Å². The first-order valence-corrected chi connectivity index (χ1v) is 7.69. The van der Waals surface area contributed by atoms with E-state index in [1.165, 1.54) is 64.2 Å². The Kier molecular flexibility index (Phi) is 12.4. The van der Waals surface area contributed by atoms with Gasteiger partial charge in [0, 0.05) is 7.11 Å². The fourth-order valence-electron chi connectivity index (χ4n) is 2.16. The molecule has 1 unspecified atom stereocenters. The monoisotopic (exact) mass is 242 g/mol. The van der Waals surface area contributed by atoms with Gasteiger partial charge in [-0.1, -0.05) is 71.6 Å². The molecule has 17 heavy (non-hydrogen) atoms. The van der Waals surface area contributed by atoms with Gasteiger partial charge in [-0.25, -0.2) is 0 Å². The van der Waals surface area contributed by atoms with E-state index < -0.39 is 0 Å². The van der Waals surface area contributed by atoms with Crippen LogP contribution in [0, 0.1) is 5.92 Å². The van der Waals surface area contributed by atoms with Crippen LogP contribution in [0.25, 0.3) is 0 Å². The predicted octanol–water partition coefficient (Wildman–Crippen LogP) is 5.58. The number of rotatable bonds is 12. The fraction of sp³-hybridized carbons (Fsp3) is 1.00. The highest BCUT2D eigenvalue weighted by Gasteiger charge is 1.98. The first kappa shape index (κ1) is 17.0. The molecule has 0 aromatic heterocycles. The third-order valence-electron chi connectivity index (χ3n) is 3.54. The molecule has 0 N–H and O–H groups in total. The van der Waals surface area contributed by atoms with Crippen LogP contribution in [0.1, 0.15) is 85.0 Å². The van der Waals surface area contributed by atoms with Gasteiger partial charge in [0.2, 0.25) is 0 Å². The molecule has 0 fully saturated rings. The molecule has 0 aliphatic rings. The van der Waals surface area contributed by atoms with Gasteiger partial charge in [-0.2, -0.15) is 0 Å². The molecule has 1 heteroatoms. The van der Waals surface area contributed by atoms with Gasteiger partial charge >= 0.3 is 0 Å². The van der Waals surface area contributed by atoms with E-state index in [-0.39, 0.29) is 0 Å². The second kappa shape index (κ2) is 12.4. The van der Waals surface area contributed by atoms with Crippen LogP contribution in [0.5, 0.6) is 0 Å². The molecule has 0 aromatic rings. The summed E-state index contributed by atoms with van der Waals surface area (Å²) in [6, 6.07) is 0. The molecule has 0 aliphatic carbocycles. The predicted molar refractivity (Wildman–Crippen MR) is 77.5 cm³/mol. The molecule has 104 valence electrons. The minimum absolute atomic E-state index is 0.450. The highest BCUT2D eigenvalue weighted by molar-refractivity contribution is 4.52. The molecule has 0 spiro atoms. The maximum atomic E-state index is 5.24. The van der Waals surface area contributed by atoms with E-state index in [0.29, 0.717) is 6.10 Å². The molecule has 1 nitrogen and oxygen atoms in total. The SMILES string of the molecule is COC(C)CCCCCCCCCCC(C)C. The number of unbranched alkanes of at least 4 members (excludes halogenated alkanes) is 7. The normalized spacial score (nSPS) is 13.2. The number of hydrogen-bond donors (Lipinski definition) is 0. The van der Waals surface area contributed by atoms with Crippen molar-refractivity contribution in [2.75, 3.05) is 7.11 Å². The molecule has 0 aliphatic heterocycles. The minimum atomic E-state index is 0.450. The molecule has 0 bridgehead atoms. The Morgan fingerprint density at radius 2 is 1.06 bits per heavy atom. The van der Waals surface area contributed by atoms with Gasteiger partial charge in [-0.05, 0) is 19.3 Å². The lowest BCUT2D eigenvalue weighted by Crippen LogP contribution is -2.03. The smallest absolute Gasteiger partial charge is 0.0543 e. The van der Waals surface area contributed by atoms with Crippen LogP contribution >= 0.6 is 0 Å². The fourth-order valence-corrected chi connectivity index (χ4v) is 2.16. The van der Waals surface area contributed by atoms with Gasteiger partial charge in [0.25, 0.3) is 0 Å². The second-order valence-corrected chi connectivity index (χ2v) is 5.85. The zero-order chi connectivity index (χ0) is 12.9. The van der Waals surface area contributed by atoms with Crippen molar-refractivity contribution in [1.29, 1.82) is 0 Å². The lowest BCUT2D eigenvalue weighted by Gasteiger charge is -2.08. The average molecular weight is 242 g/mol. The van der Waals surface area contributed by atoms with Gasteiger partial charge in [-0.3, -0.25) is 0 Å². The van der Waals surface area contributed by atoms with E-state index in [0.717, 1.165) is 5.92 Å². The van der Waals surface area contributed by atoms with Gasteiger partial charge < -0.3 is 4.74 Å². The first-order chi connectivity index (χ1) is 8.16. The summed E-state index contributed by atoms with van der Waals surface area (Å²) >= 11 is 0. The number of hydrogen-bond acceptors (Lipinski definition) is 1. The van der Waals surface area contributed by atoms with Crippen LogP contribution in [0.2, 0.25) is 0 Å². The van der Waals surface area contributed by atoms with Gasteiger partial charge in [0.05, 0.1) is 6.10 Å². The Bertz CT molecular complexity index is 142. The summed E-state index contributed by atoms with van der Waals surface area (Å²) in [7, 11) is 1.81. The molecule has 0 saturated heterocycles. The Labute approximate surface area is 109 Å². The highest BCUT2D eigenvalue weighted by Crippen LogP contribution is 2.13. The van der Waals surface area contributed by atoms with Crippen molar-refractivity contribution >= 4 is 0 Å². The summed E-state index contributed by atoms with van der Waals surface area (Å²) in [6.07, 6.45) is 14.4. The average Bonchev–Trinajstić information content (AvgIpc) is 2.30. The van der Waals surface area contributed by atoms with Crippen molar-refractivity contribution in [2.24, 2.45) is 5.92 Å². The third-order valence-corrected chi connectivity index (χ3v) is 3.54. The Balaban J connectivity index is 2.99. The molecular weight excluding hydrogens is 208 g/mol. The Morgan fingerprint density at radius 1 is 0.647 bits per heavy atom. The summed E-state index contributed by atoms with van der Waals surface area (Å²) in [5.74, 6) is 0.887. The quantitative estimate of drug-likeness (QED) is 0.406. The van der Waals surface area contributed by atoms with E-state index in [4.69, 9.17) is 4.74 Å². The standard InChI is InChI=1S/C16H34O/c1-15(2)13-11-9-7-5-6-8-10-12-14-16(3)17-4/h15-16H,5-14H2,1-4H3. The van der Waals surface area contributed by atoms with Crippen LogP contribution < -0.4 is 0 Å². The van der Waals surface area contributed by atoms with Crippen molar-refractivity contribution in [2.45, 2.75) is 91.1 Å². The van der Waals surface area contributed by atoms with Crippen LogP contribution in [0.4, 0.5) is 0 Å². The molecule has 0 amide bonds. The second-order valence-electron chi connectivity index (χ2n) is 5.85. The largest absolute Gasteiger partial charge is 0.382 e. The number of methoxy groups -OCH3 is 1. The molecule has 0 radical (unpaired) electrons. The van der Waals surface area contributed by atoms with Crippen LogP contribution in [-0.2, 0) is 4.74 Å². The minimum Gasteiger partial charge on any atom is -0.382 e. The van der Waals surface area contributed by atoms with Crippen molar-refractivity contribution in [3.05, 3.63) is 0 Å². The van der Waals surface area contributed by atoms with Crippen LogP contribution in [-0.4, -0.2) is 13.2 Å². The maximum Gasteiger partial charge on any atom is 0.0543 e. The molecule has 0 heterocycles. The summed E-state index contributed by atoms with van der Waals surface area (Å²) in [4.78, 5) is 0. The number of ether oxygens (including phenoxy) is 1. The van der Waals surface area contributed by atoms with Crippen molar-refractivity contribution in [3.63, 3.8) is 0 Å². The van der Waals surface area contributed by atoms with E-state index in [1.807, 2.05) is 7.11 Å². The van der Waals surface area contributed by atoms with Crippen LogP contribution in [0.3, 0.4) is 0 Å². The molecule has 1 atom stereocenters. The first-order valence-electron chi connectivity index (χ1n) is 7.69. The Morgan fingerprint density at radius 3 is 1.47 bits per heavy atom. The van der Waals surface area contributed by atoms with Crippen molar-refractivity contribution in [3.8, 4) is 0 Å². The van der Waals surface area contributed by atoms with Gasteiger partial charge in [0.15, 0.2) is 0 Å². The third kappa shape index (κ3) is 13.9. The molecule has 0 saturated carbocycles. The van der Waals surface area contributed by atoms with E-state index in [2.05, 4.69) is 20.8 Å². The summed E-state index contributed by atoms with van der Waals surface area (Å²) in [5.41, 5.74) is 0. The van der Waals surface area contributed by atoms with E-state index in [1.54, 1.807) is 0 Å². The van der Waals surface area contributed by atoms with E-state index >= 15 is 0 Å². The summed E-state index contributed by atoms with van der Waals surface area (Å²) in [5, 5.41) is 0. The van der Waals surface area contributed by atoms with Crippen LogP contribution in [0.15, 0.2) is 0 Å². The summed E-state index contributed by atoms with van der Waals surface area (Å²) in [6.45, 7) is 6.80. The van der Waals surface area contributed by atoms with Crippen molar-refractivity contribution in [1.82, 2.24) is 0 Å². The maximum absolute atomic E-state index is 5.24. The zero-order valence-electron chi connectivity index (χ0n) is 12.6. The van der Waals surface area contributed by atoms with Gasteiger partial charge in [0.1, 0.15) is 0 Å². The topological polar surface area (TPSA) is 9.23 Å². The molecule has 0 rings (SSSR count). The van der Waals surface area contributed by atoms with E-state index in [9.17, 15) is 0 Å². The Hall–Kier alpha value is -0.0400. The molecular formula is C16H34O. The van der Waals surface area contributed by atoms with Gasteiger partial charge in [-0.15, -0.1) is 0 Å². The lowest BCUT2D eigenvalue weighted by atomic mass is 10.0.